The molecule has 4 atom stereocenters. The Balaban J connectivity index is 1.68. The van der Waals surface area contributed by atoms with Gasteiger partial charge in [-0.2, -0.15) is 0 Å². The Hall–Kier alpha value is -2.78. The molecule has 6 N–H and O–H groups in total. The number of carbonyl (C=O) groups excluding carboxylic acids is 1. The highest BCUT2D eigenvalue weighted by Gasteiger charge is 2.48. The topological polar surface area (TPSA) is 169 Å². The number of hydrogen-bond donors (Lipinski definition) is 5. The fourth-order valence-corrected chi connectivity index (χ4v) is 5.89. The highest BCUT2D eigenvalue weighted by molar-refractivity contribution is 5.83. The molecule has 0 aromatic carbocycles. The maximum absolute atomic E-state index is 12.2. The molecule has 2 aliphatic rings. The van der Waals surface area contributed by atoms with E-state index in [9.17, 15) is 20.1 Å². The quantitative estimate of drug-likeness (QED) is 0.387. The van der Waals surface area contributed by atoms with E-state index in [-0.39, 0.29) is 33.6 Å². The number of aliphatic hydroxyl groups is 3. The molecule has 2 fully saturated rings. The molecular formula is C24H34N6O5. The van der Waals surface area contributed by atoms with Gasteiger partial charge in [-0.15, -0.1) is 0 Å². The lowest BCUT2D eigenvalue weighted by atomic mass is 9.60. The van der Waals surface area contributed by atoms with Gasteiger partial charge >= 0.3 is 0 Å². The van der Waals surface area contributed by atoms with Crippen LogP contribution < -0.4 is 11.1 Å². The van der Waals surface area contributed by atoms with Gasteiger partial charge in [0.25, 0.3) is 5.91 Å². The van der Waals surface area contributed by atoms with E-state index >= 15 is 0 Å². The number of carbonyl (C=O) groups is 1. The summed E-state index contributed by atoms with van der Waals surface area (Å²) in [5, 5.41) is 34.8. The van der Waals surface area contributed by atoms with Crippen molar-refractivity contribution in [1.29, 1.82) is 0 Å². The van der Waals surface area contributed by atoms with E-state index in [1.54, 1.807) is 6.92 Å². The Morgan fingerprint density at radius 3 is 2.49 bits per heavy atom. The number of fused-ring (bicyclic) bond motifs is 1. The van der Waals surface area contributed by atoms with Gasteiger partial charge in [-0.25, -0.2) is 15.0 Å². The van der Waals surface area contributed by atoms with Crippen LogP contribution in [-0.4, -0.2) is 71.2 Å². The summed E-state index contributed by atoms with van der Waals surface area (Å²) in [5.74, 6) is 5.47. The monoisotopic (exact) mass is 486 g/mol. The molecule has 2 aromatic heterocycles. The number of aliphatic hydroxyl groups excluding tert-OH is 2. The molecule has 4 rings (SSSR count). The Kier molecular flexibility index (Phi) is 6.30. The second-order valence-electron chi connectivity index (χ2n) is 11.2. The first-order chi connectivity index (χ1) is 16.2. The normalized spacial score (nSPS) is 28.9. The molecule has 0 radical (unpaired) electrons. The molecule has 0 bridgehead atoms. The minimum atomic E-state index is -1.44. The number of nitrogen functional groups attached to an aromatic ring is 1. The largest absolute Gasteiger partial charge is 0.387 e. The summed E-state index contributed by atoms with van der Waals surface area (Å²) in [6, 6.07) is 0. The molecule has 1 saturated heterocycles. The molecule has 1 saturated carbocycles. The van der Waals surface area contributed by atoms with Gasteiger partial charge in [-0.1, -0.05) is 33.6 Å². The Labute approximate surface area is 204 Å². The van der Waals surface area contributed by atoms with Crippen molar-refractivity contribution in [2.24, 2.45) is 10.8 Å². The van der Waals surface area contributed by atoms with Crippen LogP contribution in [0.3, 0.4) is 0 Å². The standard InChI is InChI=1S/C24H34N6O5/c1-6-26-20(33)17-15(31)16(32)21(35-17)30-12-27-14-18(25)28-13(29-19(14)30)7-8-24(34)10-22(2,3)9-23(4,5)11-24/h12,15-17,21,31-32,34H,6,9-11H2,1-5H3,(H,26,33)(H2,25,28,29)/t15-,16+,17+,21-/m1/s1. The molecule has 2 aromatic rings. The van der Waals surface area contributed by atoms with Gasteiger partial charge in [0.15, 0.2) is 23.8 Å². The number of imidazole rings is 1. The molecule has 3 heterocycles. The Morgan fingerprint density at radius 2 is 1.86 bits per heavy atom. The molecular weight excluding hydrogens is 452 g/mol. The van der Waals surface area contributed by atoms with E-state index < -0.39 is 36.0 Å². The number of anilines is 1. The summed E-state index contributed by atoms with van der Waals surface area (Å²) in [7, 11) is 0. The molecule has 0 unspecified atom stereocenters. The first-order valence-corrected chi connectivity index (χ1v) is 11.8. The minimum absolute atomic E-state index is 0.0719. The van der Waals surface area contributed by atoms with Gasteiger partial charge in [-0.3, -0.25) is 9.36 Å². The second kappa shape index (κ2) is 8.71. The van der Waals surface area contributed by atoms with Crippen LogP contribution in [0.1, 0.15) is 65.9 Å². The van der Waals surface area contributed by atoms with E-state index in [1.165, 1.54) is 10.9 Å². The van der Waals surface area contributed by atoms with Gasteiger partial charge < -0.3 is 31.1 Å². The van der Waals surface area contributed by atoms with Crippen molar-refractivity contribution in [3.05, 3.63) is 12.2 Å². The third kappa shape index (κ3) is 4.97. The van der Waals surface area contributed by atoms with Crippen LogP contribution in [0.2, 0.25) is 0 Å². The summed E-state index contributed by atoms with van der Waals surface area (Å²) >= 11 is 0. The van der Waals surface area contributed by atoms with Crippen molar-refractivity contribution in [3.63, 3.8) is 0 Å². The van der Waals surface area contributed by atoms with Gasteiger partial charge in [-0.05, 0) is 42.9 Å². The molecule has 35 heavy (non-hydrogen) atoms. The van der Waals surface area contributed by atoms with Crippen LogP contribution in [-0.2, 0) is 9.53 Å². The third-order valence-electron chi connectivity index (χ3n) is 6.48. The maximum Gasteiger partial charge on any atom is 0.252 e. The van der Waals surface area contributed by atoms with E-state index in [1.807, 2.05) is 0 Å². The average Bonchev–Trinajstić information content (AvgIpc) is 3.26. The number of rotatable bonds is 3. The lowest BCUT2D eigenvalue weighted by Crippen LogP contribution is -2.45. The highest BCUT2D eigenvalue weighted by Crippen LogP contribution is 2.49. The molecule has 11 nitrogen and oxygen atoms in total. The summed E-state index contributed by atoms with van der Waals surface area (Å²) in [4.78, 5) is 25.1. The molecule has 11 heteroatoms. The van der Waals surface area contributed by atoms with Crippen LogP contribution in [0.25, 0.3) is 11.2 Å². The molecule has 1 aliphatic carbocycles. The first kappa shape index (κ1) is 25.3. The predicted molar refractivity (Wildman–Crippen MR) is 128 cm³/mol. The van der Waals surface area contributed by atoms with Gasteiger partial charge in [0, 0.05) is 6.54 Å². The van der Waals surface area contributed by atoms with Crippen LogP contribution in [0.5, 0.6) is 0 Å². The van der Waals surface area contributed by atoms with E-state index in [2.05, 4.69) is 59.8 Å². The summed E-state index contributed by atoms with van der Waals surface area (Å²) < 4.78 is 7.08. The van der Waals surface area contributed by atoms with E-state index in [0.717, 1.165) is 6.42 Å². The van der Waals surface area contributed by atoms with Crippen molar-refractivity contribution < 1.29 is 24.9 Å². The second-order valence-corrected chi connectivity index (χ2v) is 11.2. The number of ether oxygens (including phenoxy) is 1. The van der Waals surface area contributed by atoms with Crippen LogP contribution >= 0.6 is 0 Å². The SMILES string of the molecule is CCNC(=O)[C@H]1O[C@@H](n2cnc3c(N)nc(C#CC4(O)CC(C)(C)CC(C)(C)C4)nc32)[C@@H](O)[C@H]1O. The van der Waals surface area contributed by atoms with Crippen molar-refractivity contribution in [3.8, 4) is 11.8 Å². The van der Waals surface area contributed by atoms with E-state index in [0.29, 0.717) is 19.4 Å². The predicted octanol–water partition coefficient (Wildman–Crippen LogP) is 0.483. The number of hydrogen-bond acceptors (Lipinski definition) is 9. The fourth-order valence-electron chi connectivity index (χ4n) is 5.89. The summed E-state index contributed by atoms with van der Waals surface area (Å²) in [6.45, 7) is 10.6. The number of nitrogens with one attached hydrogen (secondary N) is 1. The zero-order valence-corrected chi connectivity index (χ0v) is 20.7. The number of nitrogens with zero attached hydrogens (tertiary/aromatic N) is 4. The Morgan fingerprint density at radius 1 is 1.20 bits per heavy atom. The van der Waals surface area contributed by atoms with Crippen LogP contribution in [0.15, 0.2) is 6.33 Å². The van der Waals surface area contributed by atoms with Gasteiger partial charge in [0.1, 0.15) is 23.3 Å². The summed E-state index contributed by atoms with van der Waals surface area (Å²) in [5.41, 5.74) is 5.23. The van der Waals surface area contributed by atoms with Crippen LogP contribution in [0, 0.1) is 22.7 Å². The minimum Gasteiger partial charge on any atom is -0.387 e. The molecule has 1 aliphatic heterocycles. The zero-order chi connectivity index (χ0) is 25.8. The van der Waals surface area contributed by atoms with Crippen molar-refractivity contribution in [1.82, 2.24) is 24.8 Å². The lowest BCUT2D eigenvalue weighted by molar-refractivity contribution is -0.137. The molecule has 0 spiro atoms. The zero-order valence-electron chi connectivity index (χ0n) is 20.7. The smallest absolute Gasteiger partial charge is 0.252 e. The van der Waals surface area contributed by atoms with Crippen LogP contribution in [0.4, 0.5) is 5.82 Å². The third-order valence-corrected chi connectivity index (χ3v) is 6.48. The number of amides is 1. The fraction of sp³-hybridized carbons (Fsp3) is 0.667. The Bertz CT molecular complexity index is 1180. The highest BCUT2D eigenvalue weighted by atomic mass is 16.6. The number of likely N-dealkylation sites (N-methyl/N-ethyl adjacent to an activating group) is 1. The lowest BCUT2D eigenvalue weighted by Gasteiger charge is -2.47. The summed E-state index contributed by atoms with van der Waals surface area (Å²) in [6.07, 6.45) is -1.84. The van der Waals surface area contributed by atoms with Gasteiger partial charge in [0.05, 0.1) is 6.33 Å². The average molecular weight is 487 g/mol. The number of aromatic nitrogens is 4. The van der Waals surface area contributed by atoms with Gasteiger partial charge in [0.2, 0.25) is 5.82 Å². The van der Waals surface area contributed by atoms with Crippen molar-refractivity contribution in [2.45, 2.75) is 84.0 Å². The van der Waals surface area contributed by atoms with Crippen molar-refractivity contribution >= 4 is 22.9 Å². The first-order valence-electron chi connectivity index (χ1n) is 11.8. The number of nitrogens with two attached hydrogens (primary N) is 1. The van der Waals surface area contributed by atoms with E-state index in [4.69, 9.17) is 10.5 Å². The molecule has 190 valence electrons. The maximum atomic E-state index is 12.2. The van der Waals surface area contributed by atoms with Crippen molar-refractivity contribution in [2.75, 3.05) is 12.3 Å². The molecule has 1 amide bonds.